The van der Waals surface area contributed by atoms with Crippen molar-refractivity contribution < 1.29 is 19.2 Å². The maximum atomic E-state index is 12.9. The van der Waals surface area contributed by atoms with Crippen molar-refractivity contribution in [1.29, 1.82) is 0 Å². The van der Waals surface area contributed by atoms with Gasteiger partial charge in [0.25, 0.3) is 11.6 Å². The number of nitrogens with one attached hydrogen (secondary N) is 2. The number of esters is 1. The summed E-state index contributed by atoms with van der Waals surface area (Å²) >= 11 is 5.50. The Balaban J connectivity index is 1.83. The van der Waals surface area contributed by atoms with E-state index in [0.29, 0.717) is 28.5 Å². The van der Waals surface area contributed by atoms with E-state index in [9.17, 15) is 19.7 Å². The van der Waals surface area contributed by atoms with Gasteiger partial charge in [-0.05, 0) is 69.7 Å². The zero-order valence-corrected chi connectivity index (χ0v) is 20.1. The Bertz CT molecular complexity index is 1140. The number of hydrogen-bond donors (Lipinski definition) is 2. The summed E-state index contributed by atoms with van der Waals surface area (Å²) < 4.78 is 5.48. The molecule has 0 saturated heterocycles. The second-order valence-corrected chi connectivity index (χ2v) is 8.35. The van der Waals surface area contributed by atoms with Gasteiger partial charge in [-0.25, -0.2) is 4.79 Å². The van der Waals surface area contributed by atoms with E-state index in [1.807, 2.05) is 18.7 Å². The SMILES string of the molecule is CCN1C(=S)NC(c2ccc(NC(=O)c3ccc([N+](=O)[O-])cc3)cc2)C(C(=O)OC(C)C)=C1C. The molecular formula is C24H26N4O5S. The molecule has 2 N–H and O–H groups in total. The number of hydrogen-bond acceptors (Lipinski definition) is 6. The fourth-order valence-corrected chi connectivity index (χ4v) is 4.03. The Morgan fingerprint density at radius 2 is 1.79 bits per heavy atom. The minimum absolute atomic E-state index is 0.0874. The quantitative estimate of drug-likeness (QED) is 0.260. The van der Waals surface area contributed by atoms with Gasteiger partial charge in [0.1, 0.15) is 0 Å². The molecule has 0 spiro atoms. The molecule has 0 fully saturated rings. The van der Waals surface area contributed by atoms with Gasteiger partial charge in [0.2, 0.25) is 0 Å². The molecule has 10 heteroatoms. The largest absolute Gasteiger partial charge is 0.459 e. The standard InChI is InChI=1S/C24H26N4O5S/c1-5-27-15(4)20(23(30)33-14(2)3)21(26-24(27)34)16-6-10-18(11-7-16)25-22(29)17-8-12-19(13-9-17)28(31)32/h6-14,21H,5H2,1-4H3,(H,25,29)(H,26,34). The molecule has 1 amide bonds. The monoisotopic (exact) mass is 482 g/mol. The minimum Gasteiger partial charge on any atom is -0.459 e. The van der Waals surface area contributed by atoms with Crippen LogP contribution in [0.2, 0.25) is 0 Å². The Morgan fingerprint density at radius 3 is 2.32 bits per heavy atom. The van der Waals surface area contributed by atoms with E-state index in [1.165, 1.54) is 24.3 Å². The number of anilines is 1. The summed E-state index contributed by atoms with van der Waals surface area (Å²) in [5.74, 6) is -0.809. The van der Waals surface area contributed by atoms with Gasteiger partial charge in [0, 0.05) is 35.6 Å². The Hall–Kier alpha value is -3.79. The Labute approximate surface area is 202 Å². The van der Waals surface area contributed by atoms with E-state index in [2.05, 4.69) is 10.6 Å². The van der Waals surface area contributed by atoms with Gasteiger partial charge < -0.3 is 20.3 Å². The number of carbonyl (C=O) groups excluding carboxylic acids is 2. The van der Waals surface area contributed by atoms with E-state index in [-0.39, 0.29) is 11.8 Å². The number of benzene rings is 2. The van der Waals surface area contributed by atoms with E-state index < -0.39 is 22.8 Å². The van der Waals surface area contributed by atoms with Crippen molar-refractivity contribution in [2.24, 2.45) is 0 Å². The highest BCUT2D eigenvalue weighted by atomic mass is 32.1. The Morgan fingerprint density at radius 1 is 1.18 bits per heavy atom. The molecule has 0 saturated carbocycles. The van der Waals surface area contributed by atoms with E-state index in [1.54, 1.807) is 38.1 Å². The van der Waals surface area contributed by atoms with Crippen molar-refractivity contribution in [3.05, 3.63) is 81.0 Å². The van der Waals surface area contributed by atoms with Crippen LogP contribution in [-0.4, -0.2) is 39.5 Å². The van der Waals surface area contributed by atoms with E-state index in [0.717, 1.165) is 11.3 Å². The van der Waals surface area contributed by atoms with E-state index >= 15 is 0 Å². The number of amides is 1. The molecular weight excluding hydrogens is 456 g/mol. The first-order chi connectivity index (χ1) is 16.1. The molecule has 1 aliphatic heterocycles. The van der Waals surface area contributed by atoms with Crippen LogP contribution in [0.25, 0.3) is 0 Å². The van der Waals surface area contributed by atoms with Crippen molar-refractivity contribution in [2.75, 3.05) is 11.9 Å². The highest BCUT2D eigenvalue weighted by molar-refractivity contribution is 7.80. The lowest BCUT2D eigenvalue weighted by Crippen LogP contribution is -2.47. The van der Waals surface area contributed by atoms with Gasteiger partial charge in [-0.2, -0.15) is 0 Å². The zero-order chi connectivity index (χ0) is 25.0. The molecule has 3 rings (SSSR count). The number of nitro groups is 1. The van der Waals surface area contributed by atoms with Crippen molar-refractivity contribution in [3.63, 3.8) is 0 Å². The summed E-state index contributed by atoms with van der Waals surface area (Å²) in [7, 11) is 0. The number of nitrogens with zero attached hydrogens (tertiary/aromatic N) is 2. The maximum absolute atomic E-state index is 12.9. The molecule has 0 aliphatic carbocycles. The topological polar surface area (TPSA) is 114 Å². The van der Waals surface area contributed by atoms with Gasteiger partial charge in [-0.1, -0.05) is 12.1 Å². The summed E-state index contributed by atoms with van der Waals surface area (Å²) in [6.45, 7) is 7.99. The fourth-order valence-electron chi connectivity index (χ4n) is 3.65. The van der Waals surface area contributed by atoms with Gasteiger partial charge in [0.05, 0.1) is 22.6 Å². The average molecular weight is 483 g/mol. The Kier molecular flexibility index (Phi) is 7.62. The molecule has 0 radical (unpaired) electrons. The van der Waals surface area contributed by atoms with Crippen LogP contribution in [0.15, 0.2) is 59.8 Å². The molecule has 1 atom stereocenters. The van der Waals surface area contributed by atoms with Crippen LogP contribution in [0.3, 0.4) is 0 Å². The van der Waals surface area contributed by atoms with Gasteiger partial charge in [0.15, 0.2) is 5.11 Å². The van der Waals surface area contributed by atoms with Crippen molar-refractivity contribution in [1.82, 2.24) is 10.2 Å². The number of allylic oxidation sites excluding steroid dienone is 1. The third kappa shape index (κ3) is 5.40. The van der Waals surface area contributed by atoms with Crippen LogP contribution in [-0.2, 0) is 9.53 Å². The number of rotatable bonds is 7. The number of ether oxygens (including phenoxy) is 1. The maximum Gasteiger partial charge on any atom is 0.338 e. The molecule has 2 aromatic rings. The van der Waals surface area contributed by atoms with E-state index in [4.69, 9.17) is 17.0 Å². The van der Waals surface area contributed by atoms with Gasteiger partial charge in [-0.15, -0.1) is 0 Å². The second-order valence-electron chi connectivity index (χ2n) is 7.96. The molecule has 2 aromatic carbocycles. The average Bonchev–Trinajstić information content (AvgIpc) is 2.79. The molecule has 1 heterocycles. The van der Waals surface area contributed by atoms with Gasteiger partial charge in [-0.3, -0.25) is 14.9 Å². The lowest BCUT2D eigenvalue weighted by molar-refractivity contribution is -0.384. The molecule has 1 aliphatic rings. The highest BCUT2D eigenvalue weighted by Gasteiger charge is 2.34. The van der Waals surface area contributed by atoms with Crippen molar-refractivity contribution in [3.8, 4) is 0 Å². The van der Waals surface area contributed by atoms with Crippen molar-refractivity contribution in [2.45, 2.75) is 39.8 Å². The molecule has 0 bridgehead atoms. The normalized spacial score (nSPS) is 15.7. The number of thiocarbonyl (C=S) groups is 1. The number of carbonyl (C=O) groups is 2. The van der Waals surface area contributed by atoms with Crippen LogP contribution < -0.4 is 10.6 Å². The van der Waals surface area contributed by atoms with Crippen LogP contribution in [0, 0.1) is 10.1 Å². The van der Waals surface area contributed by atoms with Gasteiger partial charge >= 0.3 is 5.97 Å². The first-order valence-corrected chi connectivity index (χ1v) is 11.2. The summed E-state index contributed by atoms with van der Waals surface area (Å²) in [4.78, 5) is 37.5. The lowest BCUT2D eigenvalue weighted by atomic mass is 9.94. The molecule has 1 unspecified atom stereocenters. The molecule has 34 heavy (non-hydrogen) atoms. The number of non-ortho nitro benzene ring substituents is 1. The summed E-state index contributed by atoms with van der Waals surface area (Å²) in [6.07, 6.45) is -0.269. The summed E-state index contributed by atoms with van der Waals surface area (Å²) in [6, 6.07) is 11.9. The smallest absolute Gasteiger partial charge is 0.338 e. The third-order valence-corrected chi connectivity index (χ3v) is 5.66. The first-order valence-electron chi connectivity index (χ1n) is 10.8. The second kappa shape index (κ2) is 10.4. The highest BCUT2D eigenvalue weighted by Crippen LogP contribution is 2.32. The molecule has 178 valence electrons. The molecule has 9 nitrogen and oxygen atoms in total. The fraction of sp³-hybridized carbons (Fsp3) is 0.292. The molecule has 0 aromatic heterocycles. The predicted octanol–water partition coefficient (Wildman–Crippen LogP) is 4.32. The van der Waals surface area contributed by atoms with Crippen LogP contribution >= 0.6 is 12.2 Å². The van der Waals surface area contributed by atoms with Crippen molar-refractivity contribution >= 4 is 40.6 Å². The van der Waals surface area contributed by atoms with Crippen LogP contribution in [0.5, 0.6) is 0 Å². The summed E-state index contributed by atoms with van der Waals surface area (Å²) in [5.41, 5.74) is 2.74. The van der Waals surface area contributed by atoms with Crippen LogP contribution in [0.1, 0.15) is 49.7 Å². The first kappa shape index (κ1) is 24.8. The predicted molar refractivity (Wildman–Crippen MR) is 132 cm³/mol. The zero-order valence-electron chi connectivity index (χ0n) is 19.3. The number of nitro benzene ring substituents is 1. The minimum atomic E-state index is -0.521. The lowest BCUT2D eigenvalue weighted by Gasteiger charge is -2.37. The summed E-state index contributed by atoms with van der Waals surface area (Å²) in [5, 5.41) is 17.3. The third-order valence-electron chi connectivity index (χ3n) is 5.32. The van der Waals surface area contributed by atoms with Crippen LogP contribution in [0.4, 0.5) is 11.4 Å².